The van der Waals surface area contributed by atoms with Crippen LogP contribution in [0.25, 0.3) is 0 Å². The van der Waals surface area contributed by atoms with E-state index in [1.165, 1.54) is 0 Å². The molecule has 0 atom stereocenters. The second kappa shape index (κ2) is 6.15. The molecule has 1 aromatic heterocycles. The largest absolute Gasteiger partial charge is 0.486 e. The number of aromatic amines is 1. The summed E-state index contributed by atoms with van der Waals surface area (Å²) in [4.78, 5) is 0. The third-order valence-corrected chi connectivity index (χ3v) is 3.40. The fourth-order valence-electron chi connectivity index (χ4n) is 2.15. The Hall–Kier alpha value is -1.72. The summed E-state index contributed by atoms with van der Waals surface area (Å²) in [5.74, 6) is 1.40. The van der Waals surface area contributed by atoms with Gasteiger partial charge in [0.2, 0.25) is 0 Å². The van der Waals surface area contributed by atoms with E-state index in [1.807, 2.05) is 18.2 Å². The number of nitrogens with one attached hydrogen (secondary N) is 2. The van der Waals surface area contributed by atoms with Gasteiger partial charge >= 0.3 is 0 Å². The number of fused-ring (bicyclic) bond motifs is 1. The molecule has 0 fully saturated rings. The fraction of sp³-hybridized carbons (Fsp3) is 0.357. The summed E-state index contributed by atoms with van der Waals surface area (Å²) in [7, 11) is 0. The molecule has 2 N–H and O–H groups in total. The molecule has 20 heavy (non-hydrogen) atoms. The number of benzene rings is 1. The first-order valence-electron chi connectivity index (χ1n) is 6.60. The molecule has 0 unspecified atom stereocenters. The summed E-state index contributed by atoms with van der Waals surface area (Å²) in [5, 5.41) is 10.8. The molecule has 0 bridgehead atoms. The minimum Gasteiger partial charge on any atom is -0.486 e. The normalized spacial score (nSPS) is 13.4. The Kier molecular flexibility index (Phi) is 4.08. The van der Waals surface area contributed by atoms with Crippen molar-refractivity contribution in [1.82, 2.24) is 15.5 Å². The van der Waals surface area contributed by atoms with Crippen molar-refractivity contribution in [3.8, 4) is 11.5 Å². The quantitative estimate of drug-likeness (QED) is 0.830. The van der Waals surface area contributed by atoms with E-state index in [0.717, 1.165) is 36.5 Å². The second-order valence-corrected chi connectivity index (χ2v) is 5.02. The first-order valence-corrected chi connectivity index (χ1v) is 6.98. The average Bonchev–Trinajstić information content (AvgIpc) is 2.97. The molecular weight excluding hydrogens is 278 g/mol. The molecule has 0 saturated carbocycles. The standard InChI is InChI=1S/C14H16ClN3O2/c15-12-7-10(8-13-14(12)20-6-5-19-13)1-3-16-9-11-2-4-17-18-11/h2,4,7-8,16H,1,3,5-6,9H2,(H,17,18). The van der Waals surface area contributed by atoms with Crippen molar-refractivity contribution < 1.29 is 9.47 Å². The van der Waals surface area contributed by atoms with Crippen LogP contribution in [0, 0.1) is 0 Å². The van der Waals surface area contributed by atoms with Crippen LogP contribution in [0.5, 0.6) is 11.5 Å². The maximum Gasteiger partial charge on any atom is 0.179 e. The van der Waals surface area contributed by atoms with Crippen LogP contribution in [0.15, 0.2) is 24.4 Å². The molecule has 1 aliphatic heterocycles. The minimum atomic E-state index is 0.553. The number of hydrogen-bond acceptors (Lipinski definition) is 4. The van der Waals surface area contributed by atoms with Gasteiger partial charge in [0.25, 0.3) is 0 Å². The summed E-state index contributed by atoms with van der Waals surface area (Å²) >= 11 is 6.20. The third kappa shape index (κ3) is 3.05. The highest BCUT2D eigenvalue weighted by atomic mass is 35.5. The van der Waals surface area contributed by atoms with E-state index in [-0.39, 0.29) is 0 Å². The van der Waals surface area contributed by atoms with Gasteiger partial charge < -0.3 is 14.8 Å². The third-order valence-electron chi connectivity index (χ3n) is 3.12. The van der Waals surface area contributed by atoms with Gasteiger partial charge in [0, 0.05) is 18.4 Å². The Morgan fingerprint density at radius 3 is 3.05 bits per heavy atom. The van der Waals surface area contributed by atoms with Gasteiger partial charge in [-0.25, -0.2) is 0 Å². The number of aromatic nitrogens is 2. The number of hydrogen-bond donors (Lipinski definition) is 2. The Labute approximate surface area is 122 Å². The SMILES string of the molecule is Clc1cc(CCNCc2ccn[nH]2)cc2c1OCCO2. The van der Waals surface area contributed by atoms with Crippen molar-refractivity contribution in [1.29, 1.82) is 0 Å². The molecule has 2 aromatic rings. The number of halogens is 1. The Morgan fingerprint density at radius 1 is 1.30 bits per heavy atom. The van der Waals surface area contributed by atoms with Crippen LogP contribution in [-0.2, 0) is 13.0 Å². The summed E-state index contributed by atoms with van der Waals surface area (Å²) in [6, 6.07) is 5.89. The smallest absolute Gasteiger partial charge is 0.179 e. The average molecular weight is 294 g/mol. The highest BCUT2D eigenvalue weighted by Gasteiger charge is 2.16. The van der Waals surface area contributed by atoms with Gasteiger partial charge in [0.05, 0.1) is 5.02 Å². The van der Waals surface area contributed by atoms with Crippen molar-refractivity contribution in [2.75, 3.05) is 19.8 Å². The summed E-state index contributed by atoms with van der Waals surface area (Å²) in [6.45, 7) is 2.76. The lowest BCUT2D eigenvalue weighted by Crippen LogP contribution is -2.18. The van der Waals surface area contributed by atoms with E-state index in [9.17, 15) is 0 Å². The molecule has 0 aliphatic carbocycles. The number of rotatable bonds is 5. The predicted molar refractivity (Wildman–Crippen MR) is 76.4 cm³/mol. The Balaban J connectivity index is 1.56. The van der Waals surface area contributed by atoms with E-state index >= 15 is 0 Å². The van der Waals surface area contributed by atoms with Crippen molar-refractivity contribution in [3.05, 3.63) is 40.7 Å². The van der Waals surface area contributed by atoms with E-state index < -0.39 is 0 Å². The van der Waals surface area contributed by atoms with Gasteiger partial charge in [-0.1, -0.05) is 11.6 Å². The van der Waals surface area contributed by atoms with Crippen LogP contribution in [0.1, 0.15) is 11.3 Å². The molecule has 3 rings (SSSR count). The summed E-state index contributed by atoms with van der Waals surface area (Å²) < 4.78 is 11.1. The van der Waals surface area contributed by atoms with E-state index in [0.29, 0.717) is 24.0 Å². The first kappa shape index (κ1) is 13.3. The van der Waals surface area contributed by atoms with Crippen molar-refractivity contribution in [2.24, 2.45) is 0 Å². The van der Waals surface area contributed by atoms with Crippen molar-refractivity contribution in [2.45, 2.75) is 13.0 Å². The van der Waals surface area contributed by atoms with Gasteiger partial charge in [0.15, 0.2) is 11.5 Å². The maximum atomic E-state index is 6.20. The predicted octanol–water partition coefficient (Wildman–Crippen LogP) is 2.17. The van der Waals surface area contributed by atoms with Gasteiger partial charge in [0.1, 0.15) is 13.2 Å². The summed E-state index contributed by atoms with van der Waals surface area (Å²) in [6.07, 6.45) is 2.63. The Morgan fingerprint density at radius 2 is 2.20 bits per heavy atom. The highest BCUT2D eigenvalue weighted by Crippen LogP contribution is 2.38. The van der Waals surface area contributed by atoms with Gasteiger partial charge in [-0.3, -0.25) is 5.10 Å². The van der Waals surface area contributed by atoms with Gasteiger partial charge in [-0.05, 0) is 36.7 Å². The van der Waals surface area contributed by atoms with E-state index in [4.69, 9.17) is 21.1 Å². The van der Waals surface area contributed by atoms with E-state index in [1.54, 1.807) is 6.20 Å². The highest BCUT2D eigenvalue weighted by molar-refractivity contribution is 6.32. The number of ether oxygens (including phenoxy) is 2. The van der Waals surface area contributed by atoms with Crippen LogP contribution >= 0.6 is 11.6 Å². The van der Waals surface area contributed by atoms with Crippen LogP contribution < -0.4 is 14.8 Å². The molecule has 6 heteroatoms. The molecule has 2 heterocycles. The summed E-state index contributed by atoms with van der Waals surface area (Å²) in [5.41, 5.74) is 2.21. The fourth-order valence-corrected chi connectivity index (χ4v) is 2.44. The molecule has 0 saturated heterocycles. The molecule has 5 nitrogen and oxygen atoms in total. The zero-order chi connectivity index (χ0) is 13.8. The van der Waals surface area contributed by atoms with Gasteiger partial charge in [-0.2, -0.15) is 5.10 Å². The monoisotopic (exact) mass is 293 g/mol. The molecular formula is C14H16ClN3O2. The molecule has 0 spiro atoms. The lowest BCUT2D eigenvalue weighted by molar-refractivity contribution is 0.171. The zero-order valence-corrected chi connectivity index (χ0v) is 11.7. The lowest BCUT2D eigenvalue weighted by Gasteiger charge is -2.20. The molecule has 1 aliphatic rings. The number of H-pyrrole nitrogens is 1. The van der Waals surface area contributed by atoms with Crippen molar-refractivity contribution >= 4 is 11.6 Å². The molecule has 1 aromatic carbocycles. The zero-order valence-electron chi connectivity index (χ0n) is 11.0. The van der Waals surface area contributed by atoms with Crippen LogP contribution in [0.2, 0.25) is 5.02 Å². The first-order chi connectivity index (χ1) is 9.83. The molecule has 0 radical (unpaired) electrons. The van der Waals surface area contributed by atoms with Crippen LogP contribution in [0.3, 0.4) is 0 Å². The molecule has 106 valence electrons. The minimum absolute atomic E-state index is 0.553. The number of nitrogens with zero attached hydrogens (tertiary/aromatic N) is 1. The van der Waals surface area contributed by atoms with E-state index in [2.05, 4.69) is 15.5 Å². The molecule has 0 amide bonds. The van der Waals surface area contributed by atoms with Gasteiger partial charge in [-0.15, -0.1) is 0 Å². The Bertz CT molecular complexity index is 572. The maximum absolute atomic E-state index is 6.20. The van der Waals surface area contributed by atoms with Crippen LogP contribution in [0.4, 0.5) is 0 Å². The second-order valence-electron chi connectivity index (χ2n) is 4.61. The van der Waals surface area contributed by atoms with Crippen LogP contribution in [-0.4, -0.2) is 30.0 Å². The van der Waals surface area contributed by atoms with Crippen molar-refractivity contribution in [3.63, 3.8) is 0 Å². The lowest BCUT2D eigenvalue weighted by atomic mass is 10.1. The topological polar surface area (TPSA) is 59.2 Å².